The van der Waals surface area contributed by atoms with Crippen LogP contribution in [0.1, 0.15) is 44.0 Å². The highest BCUT2D eigenvalue weighted by Gasteiger charge is 2.40. The monoisotopic (exact) mass is 723 g/mol. The molecule has 256 valence electrons. The number of aryl methyl sites for hydroxylation is 1. The van der Waals surface area contributed by atoms with Crippen LogP contribution in [0.2, 0.25) is 10.0 Å². The summed E-state index contributed by atoms with van der Waals surface area (Å²) in [5.74, 6) is -0.730. The third-order valence-electron chi connectivity index (χ3n) is 7.94. The molecule has 0 spiro atoms. The number of amides is 3. The molecule has 3 aromatic rings. The van der Waals surface area contributed by atoms with Gasteiger partial charge in [-0.3, -0.25) is 4.79 Å². The summed E-state index contributed by atoms with van der Waals surface area (Å²) in [7, 11) is -4.15. The molecule has 1 aliphatic heterocycles. The number of carbonyl (C=O) groups excluding carboxylic acids is 2. The molecule has 4 rings (SSSR count). The van der Waals surface area contributed by atoms with E-state index in [1.165, 1.54) is 33.8 Å². The number of sulfonamides is 1. The van der Waals surface area contributed by atoms with Crippen molar-refractivity contribution in [2.24, 2.45) is 11.8 Å². The Bertz CT molecular complexity index is 1640. The summed E-state index contributed by atoms with van der Waals surface area (Å²) in [5.41, 5.74) is 1.65. The number of nitrogens with one attached hydrogen (secondary N) is 1. The summed E-state index contributed by atoms with van der Waals surface area (Å²) in [6, 6.07) is 11.6. The van der Waals surface area contributed by atoms with Gasteiger partial charge in [0, 0.05) is 36.6 Å². The van der Waals surface area contributed by atoms with Gasteiger partial charge in [0.2, 0.25) is 15.9 Å². The maximum absolute atomic E-state index is 14.0. The third-order valence-corrected chi connectivity index (χ3v) is 11.3. The summed E-state index contributed by atoms with van der Waals surface area (Å²) in [6.07, 6.45) is -1.07. The standard InChI is InChI=1S/C33H43Cl2N5O5S2/c1-21(2)17-39(47(44,45)30-12-11-25(34)16-27(30)35)19-29(41)28(15-24-9-7-6-8-10-24)37-32(42)31(22(3)4)40-14-13-38(33(40)43)18-26-20-46-23(5)36-26/h6-12,16,20-22,28-29,31,41H,13-15,17-19H2,1-5H3,(H,37,42)/t28-,29+,31?/m0/s1. The van der Waals surface area contributed by atoms with Crippen LogP contribution in [-0.4, -0.2) is 88.9 Å². The zero-order valence-electron chi connectivity index (χ0n) is 27.3. The van der Waals surface area contributed by atoms with Gasteiger partial charge in [-0.25, -0.2) is 18.2 Å². The lowest BCUT2D eigenvalue weighted by molar-refractivity contribution is -0.128. The maximum Gasteiger partial charge on any atom is 0.321 e. The predicted molar refractivity (Wildman–Crippen MR) is 186 cm³/mol. The normalized spacial score (nSPS) is 15.9. The summed E-state index contributed by atoms with van der Waals surface area (Å²) >= 11 is 13.9. The van der Waals surface area contributed by atoms with E-state index in [-0.39, 0.29) is 47.3 Å². The summed E-state index contributed by atoms with van der Waals surface area (Å²) < 4.78 is 28.9. The molecule has 14 heteroatoms. The fraction of sp³-hybridized carbons (Fsp3) is 0.485. The van der Waals surface area contributed by atoms with Crippen molar-refractivity contribution in [1.29, 1.82) is 0 Å². The van der Waals surface area contributed by atoms with Crippen molar-refractivity contribution in [3.8, 4) is 0 Å². The molecular formula is C33H43Cl2N5O5S2. The Balaban J connectivity index is 1.58. The van der Waals surface area contributed by atoms with Gasteiger partial charge < -0.3 is 20.2 Å². The van der Waals surface area contributed by atoms with Gasteiger partial charge in [0.05, 0.1) is 34.4 Å². The molecule has 2 aromatic carbocycles. The van der Waals surface area contributed by atoms with E-state index >= 15 is 0 Å². The molecule has 1 aliphatic rings. The zero-order chi connectivity index (χ0) is 34.5. The number of thiazole rings is 1. The van der Waals surface area contributed by atoms with E-state index < -0.39 is 34.1 Å². The highest BCUT2D eigenvalue weighted by molar-refractivity contribution is 7.89. The Morgan fingerprint density at radius 1 is 1.09 bits per heavy atom. The third kappa shape index (κ3) is 9.45. The van der Waals surface area contributed by atoms with Gasteiger partial charge in [-0.15, -0.1) is 11.3 Å². The van der Waals surface area contributed by atoms with Crippen LogP contribution < -0.4 is 5.32 Å². The zero-order valence-corrected chi connectivity index (χ0v) is 30.4. The van der Waals surface area contributed by atoms with Crippen LogP contribution in [0.25, 0.3) is 0 Å². The van der Waals surface area contributed by atoms with Crippen LogP contribution in [0.3, 0.4) is 0 Å². The number of hydrogen-bond donors (Lipinski definition) is 2. The number of halogens is 2. The summed E-state index contributed by atoms with van der Waals surface area (Å²) in [4.78, 5) is 35.2. The topological polar surface area (TPSA) is 123 Å². The molecule has 0 aliphatic carbocycles. The molecule has 2 heterocycles. The van der Waals surface area contributed by atoms with Gasteiger partial charge in [-0.2, -0.15) is 4.31 Å². The number of urea groups is 1. The number of aliphatic hydroxyl groups is 1. The minimum Gasteiger partial charge on any atom is -0.390 e. The van der Waals surface area contributed by atoms with Crippen LogP contribution in [0, 0.1) is 18.8 Å². The number of rotatable bonds is 15. The average molecular weight is 725 g/mol. The first-order valence-electron chi connectivity index (χ1n) is 15.6. The Labute approximate surface area is 291 Å². The Morgan fingerprint density at radius 3 is 2.38 bits per heavy atom. The minimum absolute atomic E-state index is 0.0242. The van der Waals surface area contributed by atoms with Crippen molar-refractivity contribution in [2.75, 3.05) is 26.2 Å². The number of nitrogens with zero attached hydrogens (tertiary/aromatic N) is 4. The largest absolute Gasteiger partial charge is 0.390 e. The van der Waals surface area contributed by atoms with Crippen molar-refractivity contribution in [2.45, 2.75) is 70.7 Å². The van der Waals surface area contributed by atoms with E-state index in [4.69, 9.17) is 23.2 Å². The second-order valence-electron chi connectivity index (χ2n) is 12.6. The van der Waals surface area contributed by atoms with Gasteiger partial charge in [-0.1, -0.05) is 81.2 Å². The van der Waals surface area contributed by atoms with E-state index in [9.17, 15) is 23.1 Å². The van der Waals surface area contributed by atoms with Crippen molar-refractivity contribution in [3.05, 3.63) is 80.2 Å². The second kappa shape index (κ2) is 16.1. The lowest BCUT2D eigenvalue weighted by atomic mass is 9.97. The Morgan fingerprint density at radius 2 is 1.79 bits per heavy atom. The Hall–Kier alpha value is -2.74. The van der Waals surface area contributed by atoms with Gasteiger partial charge in [-0.05, 0) is 48.9 Å². The molecule has 0 saturated carbocycles. The first-order chi connectivity index (χ1) is 22.2. The lowest BCUT2D eigenvalue weighted by Gasteiger charge is -2.34. The highest BCUT2D eigenvalue weighted by Crippen LogP contribution is 2.29. The average Bonchev–Trinajstić information content (AvgIpc) is 3.56. The van der Waals surface area contributed by atoms with Crippen molar-refractivity contribution in [3.63, 3.8) is 0 Å². The van der Waals surface area contributed by atoms with Gasteiger partial charge in [0.1, 0.15) is 10.9 Å². The Kier molecular flexibility index (Phi) is 12.7. The molecule has 47 heavy (non-hydrogen) atoms. The molecular weight excluding hydrogens is 681 g/mol. The van der Waals surface area contributed by atoms with E-state index in [2.05, 4.69) is 10.3 Å². The molecule has 1 fully saturated rings. The van der Waals surface area contributed by atoms with Crippen molar-refractivity contribution < 1.29 is 23.1 Å². The maximum atomic E-state index is 14.0. The first kappa shape index (κ1) is 37.1. The van der Waals surface area contributed by atoms with Gasteiger partial charge >= 0.3 is 6.03 Å². The number of carbonyl (C=O) groups is 2. The second-order valence-corrected chi connectivity index (χ2v) is 16.4. The minimum atomic E-state index is -4.15. The SMILES string of the molecule is Cc1nc(CN2CCN(C(C(=O)N[C@@H](Cc3ccccc3)[C@H](O)CN(CC(C)C)S(=O)(=O)c3ccc(Cl)cc3Cl)C(C)C)C2=O)cs1. The van der Waals surface area contributed by atoms with Crippen LogP contribution in [-0.2, 0) is 27.8 Å². The summed E-state index contributed by atoms with van der Waals surface area (Å²) in [6.45, 7) is 10.4. The van der Waals surface area contributed by atoms with Gasteiger partial charge in [0.15, 0.2) is 0 Å². The van der Waals surface area contributed by atoms with Crippen molar-refractivity contribution in [1.82, 2.24) is 24.4 Å². The number of benzene rings is 2. The van der Waals surface area contributed by atoms with Crippen LogP contribution in [0.15, 0.2) is 58.8 Å². The van der Waals surface area contributed by atoms with Crippen LogP contribution in [0.4, 0.5) is 4.79 Å². The van der Waals surface area contributed by atoms with E-state index in [1.807, 2.05) is 70.3 Å². The number of aromatic nitrogens is 1. The summed E-state index contributed by atoms with van der Waals surface area (Å²) in [5, 5.41) is 17.8. The molecule has 1 unspecified atom stereocenters. The fourth-order valence-corrected chi connectivity index (χ4v) is 8.72. The molecule has 3 atom stereocenters. The van der Waals surface area contributed by atoms with E-state index in [0.29, 0.717) is 24.7 Å². The predicted octanol–water partition coefficient (Wildman–Crippen LogP) is 5.46. The smallest absolute Gasteiger partial charge is 0.321 e. The van der Waals surface area contributed by atoms with E-state index in [0.717, 1.165) is 16.3 Å². The molecule has 1 aromatic heterocycles. The molecule has 2 N–H and O–H groups in total. The molecule has 3 amide bonds. The number of aliphatic hydroxyl groups excluding tert-OH is 1. The number of hydrogen-bond acceptors (Lipinski definition) is 7. The van der Waals surface area contributed by atoms with Crippen LogP contribution >= 0.6 is 34.5 Å². The van der Waals surface area contributed by atoms with E-state index in [1.54, 1.807) is 9.80 Å². The van der Waals surface area contributed by atoms with Crippen LogP contribution in [0.5, 0.6) is 0 Å². The van der Waals surface area contributed by atoms with Crippen molar-refractivity contribution >= 4 is 56.5 Å². The molecule has 10 nitrogen and oxygen atoms in total. The van der Waals surface area contributed by atoms with Gasteiger partial charge in [0.25, 0.3) is 0 Å². The molecule has 0 bridgehead atoms. The molecule has 1 saturated heterocycles. The molecule has 0 radical (unpaired) electrons. The quantitative estimate of drug-likeness (QED) is 0.215. The lowest BCUT2D eigenvalue weighted by Crippen LogP contribution is -2.57. The highest BCUT2D eigenvalue weighted by atomic mass is 35.5. The first-order valence-corrected chi connectivity index (χ1v) is 18.7. The fourth-order valence-electron chi connectivity index (χ4n) is 5.74.